The van der Waals surface area contributed by atoms with Crippen molar-refractivity contribution in [3.05, 3.63) is 24.3 Å². The quantitative estimate of drug-likeness (QED) is 0.731. The molecule has 0 aliphatic rings. The van der Waals surface area contributed by atoms with Crippen LogP contribution in [0.5, 0.6) is 11.5 Å². The SMILES string of the molecule is COc1ccc(OCC(=O)NCC(C)(C)CCCO)cc1. The van der Waals surface area contributed by atoms with E-state index in [1.54, 1.807) is 31.4 Å². The van der Waals surface area contributed by atoms with Gasteiger partial charge in [-0.1, -0.05) is 13.8 Å². The van der Waals surface area contributed by atoms with E-state index in [1.807, 2.05) is 0 Å². The van der Waals surface area contributed by atoms with Crippen LogP contribution in [-0.4, -0.2) is 37.9 Å². The van der Waals surface area contributed by atoms with E-state index in [9.17, 15) is 4.79 Å². The molecule has 0 heterocycles. The lowest BCUT2D eigenvalue weighted by atomic mass is 9.88. The minimum absolute atomic E-state index is 0.0115. The number of aliphatic hydroxyl groups excluding tert-OH is 1. The molecule has 21 heavy (non-hydrogen) atoms. The topological polar surface area (TPSA) is 67.8 Å². The van der Waals surface area contributed by atoms with E-state index >= 15 is 0 Å². The summed E-state index contributed by atoms with van der Waals surface area (Å²) in [7, 11) is 1.60. The fourth-order valence-corrected chi connectivity index (χ4v) is 1.86. The molecule has 0 aliphatic heterocycles. The van der Waals surface area contributed by atoms with Crippen molar-refractivity contribution in [3.8, 4) is 11.5 Å². The van der Waals surface area contributed by atoms with Crippen molar-refractivity contribution >= 4 is 5.91 Å². The van der Waals surface area contributed by atoms with E-state index in [4.69, 9.17) is 14.6 Å². The number of nitrogens with one attached hydrogen (secondary N) is 1. The van der Waals surface area contributed by atoms with Gasteiger partial charge in [0.2, 0.25) is 0 Å². The number of hydrogen-bond acceptors (Lipinski definition) is 4. The Hall–Kier alpha value is -1.75. The van der Waals surface area contributed by atoms with E-state index in [-0.39, 0.29) is 24.5 Å². The zero-order valence-electron chi connectivity index (χ0n) is 13.0. The smallest absolute Gasteiger partial charge is 0.257 e. The number of benzene rings is 1. The maximum atomic E-state index is 11.7. The molecule has 5 heteroatoms. The van der Waals surface area contributed by atoms with Crippen molar-refractivity contribution in [3.63, 3.8) is 0 Å². The minimum Gasteiger partial charge on any atom is -0.497 e. The molecule has 0 fully saturated rings. The molecule has 0 radical (unpaired) electrons. The van der Waals surface area contributed by atoms with Gasteiger partial charge in [0.05, 0.1) is 7.11 Å². The Labute approximate surface area is 126 Å². The first kappa shape index (κ1) is 17.3. The Bertz CT molecular complexity index is 428. The van der Waals surface area contributed by atoms with Crippen molar-refractivity contribution in [2.45, 2.75) is 26.7 Å². The van der Waals surface area contributed by atoms with Gasteiger partial charge < -0.3 is 19.9 Å². The molecule has 1 aromatic carbocycles. The highest BCUT2D eigenvalue weighted by Gasteiger charge is 2.18. The van der Waals surface area contributed by atoms with E-state index in [2.05, 4.69) is 19.2 Å². The average Bonchev–Trinajstić information content (AvgIpc) is 2.49. The summed E-state index contributed by atoms with van der Waals surface area (Å²) in [6.45, 7) is 4.86. The Morgan fingerprint density at radius 1 is 1.24 bits per heavy atom. The number of methoxy groups -OCH3 is 1. The highest BCUT2D eigenvalue weighted by atomic mass is 16.5. The summed E-state index contributed by atoms with van der Waals surface area (Å²) < 4.78 is 10.5. The molecule has 0 unspecified atom stereocenters. The molecule has 0 atom stereocenters. The number of carbonyl (C=O) groups is 1. The lowest BCUT2D eigenvalue weighted by Gasteiger charge is -2.24. The van der Waals surface area contributed by atoms with Gasteiger partial charge in [-0.05, 0) is 42.5 Å². The highest BCUT2D eigenvalue weighted by Crippen LogP contribution is 2.20. The molecular formula is C16H25NO4. The van der Waals surface area contributed by atoms with Gasteiger partial charge in [0.1, 0.15) is 11.5 Å². The number of hydrogen-bond donors (Lipinski definition) is 2. The van der Waals surface area contributed by atoms with E-state index in [0.29, 0.717) is 12.3 Å². The normalized spacial score (nSPS) is 11.0. The predicted molar refractivity (Wildman–Crippen MR) is 81.6 cm³/mol. The maximum absolute atomic E-state index is 11.7. The van der Waals surface area contributed by atoms with E-state index in [0.717, 1.165) is 18.6 Å². The van der Waals surface area contributed by atoms with Crippen LogP contribution in [0.2, 0.25) is 0 Å². The largest absolute Gasteiger partial charge is 0.497 e. The summed E-state index contributed by atoms with van der Waals surface area (Å²) in [5, 5.41) is 11.7. The third kappa shape index (κ3) is 6.99. The van der Waals surface area contributed by atoms with Crippen LogP contribution in [0, 0.1) is 5.41 Å². The molecule has 5 nitrogen and oxygen atoms in total. The minimum atomic E-state index is -0.150. The molecule has 2 N–H and O–H groups in total. The fraction of sp³-hybridized carbons (Fsp3) is 0.562. The van der Waals surface area contributed by atoms with Crippen molar-refractivity contribution < 1.29 is 19.4 Å². The van der Waals surface area contributed by atoms with E-state index < -0.39 is 0 Å². The zero-order chi connectivity index (χ0) is 15.7. The van der Waals surface area contributed by atoms with Gasteiger partial charge in [0.15, 0.2) is 6.61 Å². The van der Waals surface area contributed by atoms with Crippen molar-refractivity contribution in [2.24, 2.45) is 5.41 Å². The van der Waals surface area contributed by atoms with Gasteiger partial charge in [-0.15, -0.1) is 0 Å². The van der Waals surface area contributed by atoms with Gasteiger partial charge in [0.25, 0.3) is 5.91 Å². The molecule has 0 aromatic heterocycles. The summed E-state index contributed by atoms with van der Waals surface area (Å²) >= 11 is 0. The van der Waals surface area contributed by atoms with Crippen LogP contribution in [0.15, 0.2) is 24.3 Å². The lowest BCUT2D eigenvalue weighted by Crippen LogP contribution is -2.36. The monoisotopic (exact) mass is 295 g/mol. The average molecular weight is 295 g/mol. The van der Waals surface area contributed by atoms with Crippen molar-refractivity contribution in [1.29, 1.82) is 0 Å². The third-order valence-corrected chi connectivity index (χ3v) is 3.21. The molecule has 0 saturated carbocycles. The summed E-state index contributed by atoms with van der Waals surface area (Å²) in [4.78, 5) is 11.7. The van der Waals surface area contributed by atoms with Gasteiger partial charge in [-0.3, -0.25) is 4.79 Å². The molecular weight excluding hydrogens is 270 g/mol. The standard InChI is InChI=1S/C16H25NO4/c1-16(2,9-4-10-18)12-17-15(19)11-21-14-7-5-13(20-3)6-8-14/h5-8,18H,4,9-12H2,1-3H3,(H,17,19). The molecule has 1 aromatic rings. The van der Waals surface area contributed by atoms with E-state index in [1.165, 1.54) is 0 Å². The lowest BCUT2D eigenvalue weighted by molar-refractivity contribution is -0.123. The first-order valence-corrected chi connectivity index (χ1v) is 7.11. The first-order chi connectivity index (χ1) is 9.96. The Morgan fingerprint density at radius 3 is 2.43 bits per heavy atom. The second-order valence-electron chi connectivity index (χ2n) is 5.73. The third-order valence-electron chi connectivity index (χ3n) is 3.21. The second-order valence-corrected chi connectivity index (χ2v) is 5.73. The second kappa shape index (κ2) is 8.52. The number of amides is 1. The number of ether oxygens (including phenoxy) is 2. The summed E-state index contributed by atoms with van der Waals surface area (Å²) in [5.41, 5.74) is -0.0293. The molecule has 0 saturated heterocycles. The fourth-order valence-electron chi connectivity index (χ4n) is 1.86. The highest BCUT2D eigenvalue weighted by molar-refractivity contribution is 5.77. The van der Waals surface area contributed by atoms with Crippen LogP contribution < -0.4 is 14.8 Å². The Morgan fingerprint density at radius 2 is 1.86 bits per heavy atom. The molecule has 0 spiro atoms. The van der Waals surface area contributed by atoms with Gasteiger partial charge >= 0.3 is 0 Å². The summed E-state index contributed by atoms with van der Waals surface area (Å²) in [6.07, 6.45) is 1.61. The van der Waals surface area contributed by atoms with Crippen molar-refractivity contribution in [2.75, 3.05) is 26.9 Å². The van der Waals surface area contributed by atoms with Crippen molar-refractivity contribution in [1.82, 2.24) is 5.32 Å². The number of aliphatic hydroxyl groups is 1. The van der Waals surface area contributed by atoms with Crippen LogP contribution in [-0.2, 0) is 4.79 Å². The van der Waals surface area contributed by atoms with Gasteiger partial charge in [0, 0.05) is 13.2 Å². The Kier molecular flexibility index (Phi) is 7.02. The van der Waals surface area contributed by atoms with Gasteiger partial charge in [-0.25, -0.2) is 0 Å². The summed E-state index contributed by atoms with van der Waals surface area (Å²) in [5.74, 6) is 1.23. The van der Waals surface area contributed by atoms with Gasteiger partial charge in [-0.2, -0.15) is 0 Å². The van der Waals surface area contributed by atoms with Crippen LogP contribution in [0.4, 0.5) is 0 Å². The zero-order valence-corrected chi connectivity index (χ0v) is 13.0. The predicted octanol–water partition coefficient (Wildman–Crippen LogP) is 1.99. The van der Waals surface area contributed by atoms with Crippen LogP contribution >= 0.6 is 0 Å². The van der Waals surface area contributed by atoms with Crippen LogP contribution in [0.25, 0.3) is 0 Å². The Balaban J connectivity index is 2.30. The molecule has 0 bridgehead atoms. The number of rotatable bonds is 9. The molecule has 0 aliphatic carbocycles. The summed E-state index contributed by atoms with van der Waals surface area (Å²) in [6, 6.07) is 7.09. The molecule has 1 rings (SSSR count). The molecule has 118 valence electrons. The molecule has 1 amide bonds. The number of carbonyl (C=O) groups excluding carboxylic acids is 1. The first-order valence-electron chi connectivity index (χ1n) is 7.11. The van der Waals surface area contributed by atoms with Crippen LogP contribution in [0.1, 0.15) is 26.7 Å². The maximum Gasteiger partial charge on any atom is 0.257 e. The van der Waals surface area contributed by atoms with Crippen LogP contribution in [0.3, 0.4) is 0 Å².